The average molecular weight is 264 g/mol. The van der Waals surface area contributed by atoms with E-state index in [-0.39, 0.29) is 5.56 Å². The lowest BCUT2D eigenvalue weighted by Crippen LogP contribution is -2.46. The van der Waals surface area contributed by atoms with Gasteiger partial charge in [0.2, 0.25) is 0 Å². The number of carboxylic acid groups (broad SMARTS) is 1. The third kappa shape index (κ3) is 3.01. The first-order valence-electron chi connectivity index (χ1n) is 6.31. The van der Waals surface area contributed by atoms with E-state index in [4.69, 9.17) is 5.11 Å². The number of aromatic nitrogens is 1. The Morgan fingerprint density at radius 2 is 2.05 bits per heavy atom. The Kier molecular flexibility index (Phi) is 3.99. The minimum absolute atomic E-state index is 0.0113. The molecule has 2 rings (SSSR count). The summed E-state index contributed by atoms with van der Waals surface area (Å²) in [6.45, 7) is 0. The van der Waals surface area contributed by atoms with Crippen LogP contribution in [0.4, 0.5) is 0 Å². The van der Waals surface area contributed by atoms with Gasteiger partial charge in [-0.15, -0.1) is 0 Å². The highest BCUT2D eigenvalue weighted by Crippen LogP contribution is 2.24. The van der Waals surface area contributed by atoms with Crippen molar-refractivity contribution in [3.63, 3.8) is 0 Å². The highest BCUT2D eigenvalue weighted by Gasteiger charge is 2.32. The van der Waals surface area contributed by atoms with E-state index in [9.17, 15) is 14.4 Å². The van der Waals surface area contributed by atoms with Crippen LogP contribution < -0.4 is 10.9 Å². The smallest absolute Gasteiger partial charge is 0.308 e. The summed E-state index contributed by atoms with van der Waals surface area (Å²) >= 11 is 0. The van der Waals surface area contributed by atoms with Gasteiger partial charge in [0, 0.05) is 12.2 Å². The van der Waals surface area contributed by atoms with E-state index in [0.717, 1.165) is 12.8 Å². The van der Waals surface area contributed by atoms with Crippen molar-refractivity contribution in [3.05, 3.63) is 34.2 Å². The van der Waals surface area contributed by atoms with Crippen LogP contribution in [0.5, 0.6) is 0 Å². The van der Waals surface area contributed by atoms with Crippen LogP contribution in [-0.4, -0.2) is 28.0 Å². The van der Waals surface area contributed by atoms with Crippen molar-refractivity contribution in [2.75, 3.05) is 0 Å². The van der Waals surface area contributed by atoms with Crippen molar-refractivity contribution >= 4 is 11.9 Å². The van der Waals surface area contributed by atoms with Gasteiger partial charge in [-0.2, -0.15) is 0 Å². The van der Waals surface area contributed by atoms with Gasteiger partial charge in [0.1, 0.15) is 5.56 Å². The fourth-order valence-corrected chi connectivity index (χ4v) is 2.45. The van der Waals surface area contributed by atoms with Gasteiger partial charge in [-0.25, -0.2) is 0 Å². The van der Waals surface area contributed by atoms with Crippen molar-refractivity contribution in [1.29, 1.82) is 0 Å². The maximum Gasteiger partial charge on any atom is 0.308 e. The Morgan fingerprint density at radius 1 is 1.32 bits per heavy atom. The Bertz CT molecular complexity index is 537. The Hall–Kier alpha value is -2.11. The van der Waals surface area contributed by atoms with Gasteiger partial charge in [0.25, 0.3) is 11.5 Å². The summed E-state index contributed by atoms with van der Waals surface area (Å²) in [7, 11) is 0. The van der Waals surface area contributed by atoms with Crippen LogP contribution >= 0.6 is 0 Å². The first kappa shape index (κ1) is 13.3. The number of carbonyl (C=O) groups excluding carboxylic acids is 1. The fraction of sp³-hybridized carbons (Fsp3) is 0.462. The van der Waals surface area contributed by atoms with E-state index in [1.54, 1.807) is 6.07 Å². The number of carbonyl (C=O) groups is 2. The lowest BCUT2D eigenvalue weighted by atomic mass is 9.84. The molecular weight excluding hydrogens is 248 g/mol. The molecule has 1 aromatic rings. The highest BCUT2D eigenvalue weighted by molar-refractivity contribution is 5.94. The van der Waals surface area contributed by atoms with Crippen molar-refractivity contribution in [2.45, 2.75) is 31.7 Å². The molecule has 0 aliphatic heterocycles. The molecule has 2 atom stereocenters. The summed E-state index contributed by atoms with van der Waals surface area (Å²) in [5, 5.41) is 11.8. The van der Waals surface area contributed by atoms with Gasteiger partial charge in [-0.3, -0.25) is 14.4 Å². The van der Waals surface area contributed by atoms with Crippen LogP contribution in [0.3, 0.4) is 0 Å². The number of aromatic amines is 1. The summed E-state index contributed by atoms with van der Waals surface area (Å²) < 4.78 is 0. The molecule has 19 heavy (non-hydrogen) atoms. The molecule has 2 unspecified atom stereocenters. The van der Waals surface area contributed by atoms with Gasteiger partial charge < -0.3 is 15.4 Å². The molecule has 0 radical (unpaired) electrons. The second-order valence-electron chi connectivity index (χ2n) is 4.72. The second-order valence-corrected chi connectivity index (χ2v) is 4.72. The summed E-state index contributed by atoms with van der Waals surface area (Å²) in [5.41, 5.74) is -0.458. The molecular formula is C13H16N2O4. The molecule has 6 nitrogen and oxygen atoms in total. The topological polar surface area (TPSA) is 99.3 Å². The minimum atomic E-state index is -0.896. The molecule has 3 N–H and O–H groups in total. The molecule has 0 aromatic carbocycles. The molecule has 0 bridgehead atoms. The van der Waals surface area contributed by atoms with E-state index < -0.39 is 29.4 Å². The van der Waals surface area contributed by atoms with Crippen molar-refractivity contribution in [3.8, 4) is 0 Å². The molecule has 1 aliphatic carbocycles. The van der Waals surface area contributed by atoms with Gasteiger partial charge in [-0.05, 0) is 25.0 Å². The van der Waals surface area contributed by atoms with Crippen LogP contribution in [0.25, 0.3) is 0 Å². The van der Waals surface area contributed by atoms with Crippen LogP contribution in [0.1, 0.15) is 36.0 Å². The lowest BCUT2D eigenvalue weighted by molar-refractivity contribution is -0.143. The summed E-state index contributed by atoms with van der Waals surface area (Å²) in [5.74, 6) is -1.98. The number of rotatable bonds is 3. The highest BCUT2D eigenvalue weighted by atomic mass is 16.4. The monoisotopic (exact) mass is 264 g/mol. The van der Waals surface area contributed by atoms with Crippen LogP contribution in [0, 0.1) is 5.92 Å². The fourth-order valence-electron chi connectivity index (χ4n) is 2.45. The van der Waals surface area contributed by atoms with Crippen LogP contribution in [0.15, 0.2) is 23.1 Å². The maximum absolute atomic E-state index is 12.0. The normalized spacial score (nSPS) is 22.7. The Labute approximate surface area is 109 Å². The first-order chi connectivity index (χ1) is 9.09. The van der Waals surface area contributed by atoms with Gasteiger partial charge in [0.15, 0.2) is 0 Å². The maximum atomic E-state index is 12.0. The minimum Gasteiger partial charge on any atom is -0.481 e. The lowest BCUT2D eigenvalue weighted by Gasteiger charge is -2.29. The molecule has 1 heterocycles. The zero-order valence-corrected chi connectivity index (χ0v) is 10.4. The number of carboxylic acids is 1. The second kappa shape index (κ2) is 5.69. The zero-order valence-electron chi connectivity index (χ0n) is 10.4. The van der Waals surface area contributed by atoms with E-state index in [2.05, 4.69) is 10.3 Å². The average Bonchev–Trinajstić information content (AvgIpc) is 2.39. The quantitative estimate of drug-likeness (QED) is 0.750. The van der Waals surface area contributed by atoms with Crippen LogP contribution in [0.2, 0.25) is 0 Å². The van der Waals surface area contributed by atoms with Crippen molar-refractivity contribution in [2.24, 2.45) is 5.92 Å². The Morgan fingerprint density at radius 3 is 2.74 bits per heavy atom. The number of hydrogen-bond acceptors (Lipinski definition) is 3. The number of H-pyrrole nitrogens is 1. The molecule has 102 valence electrons. The summed E-state index contributed by atoms with van der Waals surface area (Å²) in [6.07, 6.45) is 4.38. The molecule has 0 saturated heterocycles. The largest absolute Gasteiger partial charge is 0.481 e. The summed E-state index contributed by atoms with van der Waals surface area (Å²) in [4.78, 5) is 37.0. The van der Waals surface area contributed by atoms with Gasteiger partial charge in [0.05, 0.1) is 5.92 Å². The van der Waals surface area contributed by atoms with Crippen molar-refractivity contribution in [1.82, 2.24) is 10.3 Å². The van der Waals surface area contributed by atoms with E-state index in [0.29, 0.717) is 12.8 Å². The summed E-state index contributed by atoms with van der Waals surface area (Å²) in [6, 6.07) is 2.58. The zero-order chi connectivity index (χ0) is 13.8. The molecule has 1 aliphatic rings. The van der Waals surface area contributed by atoms with Crippen molar-refractivity contribution < 1.29 is 14.7 Å². The number of amides is 1. The number of hydrogen-bond donors (Lipinski definition) is 3. The first-order valence-corrected chi connectivity index (χ1v) is 6.31. The Balaban J connectivity index is 2.11. The molecule has 0 spiro atoms. The third-order valence-electron chi connectivity index (χ3n) is 3.46. The van der Waals surface area contributed by atoms with Gasteiger partial charge in [-0.1, -0.05) is 12.8 Å². The number of nitrogens with one attached hydrogen (secondary N) is 2. The van der Waals surface area contributed by atoms with Crippen LogP contribution in [-0.2, 0) is 4.79 Å². The number of pyridine rings is 1. The standard InChI is InChI=1S/C13H16N2O4/c16-11-9(5-3-7-14-11)12(17)15-10-6-2-1-4-8(10)13(18)19/h3,5,7-8,10H,1-2,4,6H2,(H,14,16)(H,15,17)(H,18,19). The molecule has 6 heteroatoms. The van der Waals surface area contributed by atoms with Gasteiger partial charge >= 0.3 is 5.97 Å². The molecule has 1 saturated carbocycles. The predicted octanol–water partition coefficient (Wildman–Crippen LogP) is 0.748. The number of aliphatic carboxylic acids is 1. The van der Waals surface area contributed by atoms with E-state index >= 15 is 0 Å². The SMILES string of the molecule is O=C(NC1CCCCC1C(=O)O)c1ccc[nH]c1=O. The van der Waals surface area contributed by atoms with E-state index in [1.165, 1.54) is 12.3 Å². The van der Waals surface area contributed by atoms with E-state index in [1.807, 2.05) is 0 Å². The molecule has 1 amide bonds. The third-order valence-corrected chi connectivity index (χ3v) is 3.46. The molecule has 1 aromatic heterocycles. The predicted molar refractivity (Wildman–Crippen MR) is 67.9 cm³/mol. The molecule has 1 fully saturated rings.